The quantitative estimate of drug-likeness (QED) is 0.486. The molecule has 0 bridgehead atoms. The van der Waals surface area contributed by atoms with Gasteiger partial charge in [-0.1, -0.05) is 12.1 Å². The third-order valence-electron chi connectivity index (χ3n) is 4.77. The standard InChI is InChI=1S/C21H17N5/c1-12-3-5-18-19(9-12)24-21(23-18)20-15-10-14(4-6-17(15)25-26-20)16-11-22-8-7-13(16)2/h3-11H,1-2H3,(H,23,24)(H,25,26). The van der Waals surface area contributed by atoms with Crippen LogP contribution in [0.25, 0.3) is 44.6 Å². The number of hydrogen-bond acceptors (Lipinski definition) is 3. The van der Waals surface area contributed by atoms with Crippen LogP contribution in [0, 0.1) is 13.8 Å². The van der Waals surface area contributed by atoms with Gasteiger partial charge in [-0.3, -0.25) is 10.1 Å². The molecule has 5 heteroatoms. The van der Waals surface area contributed by atoms with E-state index in [-0.39, 0.29) is 0 Å². The summed E-state index contributed by atoms with van der Waals surface area (Å²) in [5, 5.41) is 8.66. The summed E-state index contributed by atoms with van der Waals surface area (Å²) in [6.45, 7) is 4.17. The molecule has 0 saturated heterocycles. The molecule has 0 fully saturated rings. The van der Waals surface area contributed by atoms with E-state index in [0.717, 1.165) is 44.6 Å². The van der Waals surface area contributed by atoms with Crippen molar-refractivity contribution in [1.29, 1.82) is 0 Å². The Bertz CT molecular complexity index is 1260. The molecule has 26 heavy (non-hydrogen) atoms. The second-order valence-electron chi connectivity index (χ2n) is 6.63. The zero-order valence-electron chi connectivity index (χ0n) is 14.5. The summed E-state index contributed by atoms with van der Waals surface area (Å²) in [6.07, 6.45) is 3.72. The van der Waals surface area contributed by atoms with Gasteiger partial charge in [-0.05, 0) is 60.9 Å². The molecule has 0 saturated carbocycles. The molecular formula is C21H17N5. The van der Waals surface area contributed by atoms with Gasteiger partial charge in [0.15, 0.2) is 5.82 Å². The molecule has 5 rings (SSSR count). The first-order chi connectivity index (χ1) is 12.7. The number of aromatic nitrogens is 5. The van der Waals surface area contributed by atoms with Gasteiger partial charge in [0.05, 0.1) is 16.6 Å². The van der Waals surface area contributed by atoms with E-state index in [1.54, 1.807) is 0 Å². The zero-order valence-corrected chi connectivity index (χ0v) is 14.5. The highest BCUT2D eigenvalue weighted by molar-refractivity contribution is 5.95. The molecule has 0 atom stereocenters. The number of imidazole rings is 1. The molecule has 0 unspecified atom stereocenters. The van der Waals surface area contributed by atoms with Crippen LogP contribution in [-0.4, -0.2) is 25.1 Å². The SMILES string of the molecule is Cc1ccc2nc(-c3n[nH]c4ccc(-c5cnccc5C)cc34)[nH]c2c1. The van der Waals surface area contributed by atoms with Gasteiger partial charge in [-0.15, -0.1) is 0 Å². The fourth-order valence-electron chi connectivity index (χ4n) is 3.36. The summed E-state index contributed by atoms with van der Waals surface area (Å²) in [5.41, 5.74) is 8.44. The summed E-state index contributed by atoms with van der Waals surface area (Å²) >= 11 is 0. The monoisotopic (exact) mass is 339 g/mol. The minimum Gasteiger partial charge on any atom is -0.337 e. The van der Waals surface area contributed by atoms with Crippen molar-refractivity contribution in [2.45, 2.75) is 13.8 Å². The highest BCUT2D eigenvalue weighted by Crippen LogP contribution is 2.31. The topological polar surface area (TPSA) is 70.2 Å². The average molecular weight is 339 g/mol. The molecule has 3 heterocycles. The third-order valence-corrected chi connectivity index (χ3v) is 4.77. The van der Waals surface area contributed by atoms with Crippen LogP contribution in [0.4, 0.5) is 0 Å². The van der Waals surface area contributed by atoms with E-state index in [2.05, 4.69) is 64.3 Å². The van der Waals surface area contributed by atoms with E-state index in [9.17, 15) is 0 Å². The lowest BCUT2D eigenvalue weighted by Gasteiger charge is -2.05. The molecule has 0 aliphatic rings. The van der Waals surface area contributed by atoms with E-state index >= 15 is 0 Å². The Morgan fingerprint density at radius 1 is 0.923 bits per heavy atom. The highest BCUT2D eigenvalue weighted by Gasteiger charge is 2.14. The number of fused-ring (bicyclic) bond motifs is 2. The number of benzene rings is 2. The zero-order chi connectivity index (χ0) is 17.7. The lowest BCUT2D eigenvalue weighted by Crippen LogP contribution is -1.85. The van der Waals surface area contributed by atoms with Crippen LogP contribution < -0.4 is 0 Å². The van der Waals surface area contributed by atoms with Crippen LogP contribution in [0.15, 0.2) is 54.9 Å². The maximum Gasteiger partial charge on any atom is 0.159 e. The molecule has 0 aliphatic heterocycles. The van der Waals surface area contributed by atoms with Crippen molar-refractivity contribution in [1.82, 2.24) is 25.1 Å². The molecule has 2 N–H and O–H groups in total. The van der Waals surface area contributed by atoms with Crippen molar-refractivity contribution in [3.05, 3.63) is 66.0 Å². The minimum atomic E-state index is 0.775. The Kier molecular flexibility index (Phi) is 3.15. The number of hydrogen-bond donors (Lipinski definition) is 2. The summed E-state index contributed by atoms with van der Waals surface area (Å²) in [4.78, 5) is 12.4. The second kappa shape index (κ2) is 5.52. The molecule has 0 spiro atoms. The van der Waals surface area contributed by atoms with Crippen molar-refractivity contribution < 1.29 is 0 Å². The number of H-pyrrole nitrogens is 2. The fourth-order valence-corrected chi connectivity index (χ4v) is 3.36. The first kappa shape index (κ1) is 14.8. The number of aryl methyl sites for hydroxylation is 2. The maximum absolute atomic E-state index is 4.72. The van der Waals surface area contributed by atoms with Crippen LogP contribution in [-0.2, 0) is 0 Å². The van der Waals surface area contributed by atoms with E-state index in [4.69, 9.17) is 4.98 Å². The van der Waals surface area contributed by atoms with Crippen LogP contribution in [0.3, 0.4) is 0 Å². The van der Waals surface area contributed by atoms with Crippen LogP contribution in [0.2, 0.25) is 0 Å². The smallest absolute Gasteiger partial charge is 0.159 e. The van der Waals surface area contributed by atoms with Crippen molar-refractivity contribution in [2.75, 3.05) is 0 Å². The van der Waals surface area contributed by atoms with Crippen molar-refractivity contribution in [3.8, 4) is 22.6 Å². The Morgan fingerprint density at radius 3 is 2.73 bits per heavy atom. The first-order valence-electron chi connectivity index (χ1n) is 8.55. The van der Waals surface area contributed by atoms with Gasteiger partial charge in [0.1, 0.15) is 5.69 Å². The van der Waals surface area contributed by atoms with Crippen LogP contribution >= 0.6 is 0 Å². The van der Waals surface area contributed by atoms with Crippen LogP contribution in [0.5, 0.6) is 0 Å². The van der Waals surface area contributed by atoms with E-state index in [1.807, 2.05) is 24.5 Å². The van der Waals surface area contributed by atoms with Crippen LogP contribution in [0.1, 0.15) is 11.1 Å². The first-order valence-corrected chi connectivity index (χ1v) is 8.55. The number of pyridine rings is 1. The van der Waals surface area contributed by atoms with E-state index in [0.29, 0.717) is 0 Å². The van der Waals surface area contributed by atoms with Gasteiger partial charge in [0, 0.05) is 23.3 Å². The van der Waals surface area contributed by atoms with Gasteiger partial charge in [-0.2, -0.15) is 5.10 Å². The summed E-state index contributed by atoms with van der Waals surface area (Å²) in [6, 6.07) is 14.5. The molecule has 5 nitrogen and oxygen atoms in total. The molecule has 0 radical (unpaired) electrons. The predicted molar refractivity (Wildman–Crippen MR) is 104 cm³/mol. The van der Waals surface area contributed by atoms with Crippen molar-refractivity contribution >= 4 is 21.9 Å². The number of nitrogens with one attached hydrogen (secondary N) is 2. The summed E-state index contributed by atoms with van der Waals surface area (Å²) in [5.74, 6) is 0.775. The van der Waals surface area contributed by atoms with Gasteiger partial charge < -0.3 is 4.98 Å². The Labute approximate surface area is 150 Å². The van der Waals surface area contributed by atoms with Gasteiger partial charge >= 0.3 is 0 Å². The molecule has 0 aliphatic carbocycles. The molecule has 2 aromatic carbocycles. The second-order valence-corrected chi connectivity index (χ2v) is 6.63. The molecular weight excluding hydrogens is 322 g/mol. The lowest BCUT2D eigenvalue weighted by molar-refractivity contribution is 1.11. The minimum absolute atomic E-state index is 0.775. The molecule has 126 valence electrons. The Balaban J connectivity index is 1.70. The normalized spacial score (nSPS) is 11.5. The van der Waals surface area contributed by atoms with Gasteiger partial charge in [0.2, 0.25) is 0 Å². The number of aromatic amines is 2. The fraction of sp³-hybridized carbons (Fsp3) is 0.0952. The van der Waals surface area contributed by atoms with E-state index < -0.39 is 0 Å². The molecule has 3 aromatic heterocycles. The lowest BCUT2D eigenvalue weighted by atomic mass is 10.0. The van der Waals surface area contributed by atoms with E-state index in [1.165, 1.54) is 11.1 Å². The van der Waals surface area contributed by atoms with Crippen molar-refractivity contribution in [3.63, 3.8) is 0 Å². The van der Waals surface area contributed by atoms with Crippen molar-refractivity contribution in [2.24, 2.45) is 0 Å². The predicted octanol–water partition coefficient (Wildman–Crippen LogP) is 4.79. The number of rotatable bonds is 2. The summed E-state index contributed by atoms with van der Waals surface area (Å²) < 4.78 is 0. The number of nitrogens with zero attached hydrogens (tertiary/aromatic N) is 3. The van der Waals surface area contributed by atoms with Gasteiger partial charge in [0.25, 0.3) is 0 Å². The average Bonchev–Trinajstić information content (AvgIpc) is 3.24. The largest absolute Gasteiger partial charge is 0.337 e. The molecule has 0 amide bonds. The Morgan fingerprint density at radius 2 is 1.85 bits per heavy atom. The van der Waals surface area contributed by atoms with Gasteiger partial charge in [-0.25, -0.2) is 4.98 Å². The summed E-state index contributed by atoms with van der Waals surface area (Å²) in [7, 11) is 0. The highest BCUT2D eigenvalue weighted by atomic mass is 15.1. The Hall–Kier alpha value is -3.47. The molecule has 5 aromatic rings. The third kappa shape index (κ3) is 2.29. The maximum atomic E-state index is 4.72.